The SMILES string of the molecule is CC1=C(c2ccc(NC(=O)c3cncc(F)c3C)cc2)CN(/C(N)=N/N(C)N)CC1. The highest BCUT2D eigenvalue weighted by Gasteiger charge is 2.20. The molecule has 2 heterocycles. The Morgan fingerprint density at radius 1 is 1.27 bits per heavy atom. The van der Waals surface area contributed by atoms with Crippen molar-refractivity contribution in [2.75, 3.05) is 25.5 Å². The summed E-state index contributed by atoms with van der Waals surface area (Å²) in [5.41, 5.74) is 10.6. The second-order valence-corrected chi connectivity index (χ2v) is 7.29. The average molecular weight is 411 g/mol. The molecule has 8 nitrogen and oxygen atoms in total. The molecule has 1 aliphatic heterocycles. The van der Waals surface area contributed by atoms with Gasteiger partial charge in [-0.2, -0.15) is 0 Å². The monoisotopic (exact) mass is 411 g/mol. The van der Waals surface area contributed by atoms with Crippen molar-refractivity contribution in [3.8, 4) is 0 Å². The summed E-state index contributed by atoms with van der Waals surface area (Å²) in [5.74, 6) is 5.02. The zero-order valence-corrected chi connectivity index (χ0v) is 17.3. The highest BCUT2D eigenvalue weighted by atomic mass is 19.1. The van der Waals surface area contributed by atoms with Crippen LogP contribution in [0.2, 0.25) is 0 Å². The first-order chi connectivity index (χ1) is 14.3. The fraction of sp³-hybridized carbons (Fsp3) is 0.286. The van der Waals surface area contributed by atoms with Gasteiger partial charge in [-0.15, -0.1) is 5.10 Å². The van der Waals surface area contributed by atoms with Crippen LogP contribution in [0.5, 0.6) is 0 Å². The number of hydrazone groups is 1. The largest absolute Gasteiger partial charge is 0.368 e. The van der Waals surface area contributed by atoms with Crippen LogP contribution < -0.4 is 16.9 Å². The summed E-state index contributed by atoms with van der Waals surface area (Å²) in [6.07, 6.45) is 3.31. The second-order valence-electron chi connectivity index (χ2n) is 7.29. The molecule has 3 rings (SSSR count). The first-order valence-electron chi connectivity index (χ1n) is 9.54. The van der Waals surface area contributed by atoms with Gasteiger partial charge in [0.2, 0.25) is 5.96 Å². The molecule has 5 N–H and O–H groups in total. The van der Waals surface area contributed by atoms with Gasteiger partial charge in [0.25, 0.3) is 5.91 Å². The van der Waals surface area contributed by atoms with E-state index in [0.29, 0.717) is 18.2 Å². The third-order valence-corrected chi connectivity index (χ3v) is 5.09. The van der Waals surface area contributed by atoms with Gasteiger partial charge in [-0.3, -0.25) is 9.78 Å². The van der Waals surface area contributed by atoms with E-state index in [2.05, 4.69) is 22.3 Å². The predicted octanol–water partition coefficient (Wildman–Crippen LogP) is 2.30. The molecule has 0 fully saturated rings. The maximum absolute atomic E-state index is 13.7. The maximum Gasteiger partial charge on any atom is 0.257 e. The van der Waals surface area contributed by atoms with Gasteiger partial charge in [0.15, 0.2) is 0 Å². The third-order valence-electron chi connectivity index (χ3n) is 5.09. The van der Waals surface area contributed by atoms with Crippen LogP contribution in [0.4, 0.5) is 10.1 Å². The first kappa shape index (κ1) is 21.3. The van der Waals surface area contributed by atoms with Crippen LogP contribution in [0, 0.1) is 12.7 Å². The average Bonchev–Trinajstić information content (AvgIpc) is 2.70. The number of hydrogen-bond acceptors (Lipinski definition) is 5. The lowest BCUT2D eigenvalue weighted by molar-refractivity contribution is 0.102. The Morgan fingerprint density at radius 2 is 1.97 bits per heavy atom. The molecule has 0 unspecified atom stereocenters. The van der Waals surface area contributed by atoms with E-state index in [0.717, 1.165) is 30.3 Å². The summed E-state index contributed by atoms with van der Waals surface area (Å²) in [6, 6.07) is 7.52. The standard InChI is InChI=1S/C21H26FN7O/c1-13-8-9-29(21(23)27-28(3)24)12-18(13)15-4-6-16(7-5-15)26-20(30)17-10-25-11-19(22)14(17)2/h4-7,10-11H,8-9,12,24H2,1-3H3,(H2,23,27)(H,26,30). The van der Waals surface area contributed by atoms with E-state index in [-0.39, 0.29) is 11.1 Å². The van der Waals surface area contributed by atoms with Crippen LogP contribution in [0.3, 0.4) is 0 Å². The number of carbonyl (C=O) groups is 1. The molecular formula is C21H26FN7O. The Labute approximate surface area is 175 Å². The molecule has 0 atom stereocenters. The molecule has 30 heavy (non-hydrogen) atoms. The quantitative estimate of drug-likeness (QED) is 0.308. The Bertz CT molecular complexity index is 999. The lowest BCUT2D eigenvalue weighted by atomic mass is 9.95. The van der Waals surface area contributed by atoms with Gasteiger partial charge in [0.1, 0.15) is 5.82 Å². The summed E-state index contributed by atoms with van der Waals surface area (Å²) >= 11 is 0. The van der Waals surface area contributed by atoms with Crippen molar-refractivity contribution in [1.29, 1.82) is 0 Å². The van der Waals surface area contributed by atoms with Crippen LogP contribution in [0.15, 0.2) is 47.3 Å². The van der Waals surface area contributed by atoms with Crippen molar-refractivity contribution in [1.82, 2.24) is 15.0 Å². The van der Waals surface area contributed by atoms with Gasteiger partial charge in [0.05, 0.1) is 11.8 Å². The number of hydrogen-bond donors (Lipinski definition) is 3. The first-order valence-corrected chi connectivity index (χ1v) is 9.54. The molecule has 0 radical (unpaired) electrons. The van der Waals surface area contributed by atoms with Gasteiger partial charge in [-0.05, 0) is 43.5 Å². The smallest absolute Gasteiger partial charge is 0.257 e. The number of hydrazine groups is 1. The summed E-state index contributed by atoms with van der Waals surface area (Å²) < 4.78 is 13.7. The van der Waals surface area contributed by atoms with Gasteiger partial charge in [-0.1, -0.05) is 17.7 Å². The fourth-order valence-corrected chi connectivity index (χ4v) is 3.30. The molecule has 1 aromatic carbocycles. The van der Waals surface area contributed by atoms with Crippen molar-refractivity contribution in [3.05, 3.63) is 64.7 Å². The van der Waals surface area contributed by atoms with Crippen LogP contribution in [-0.4, -0.2) is 47.0 Å². The van der Waals surface area contributed by atoms with E-state index in [1.807, 2.05) is 29.2 Å². The molecule has 158 valence electrons. The Hall–Kier alpha value is -3.46. The zero-order chi connectivity index (χ0) is 21.8. The van der Waals surface area contributed by atoms with Gasteiger partial charge in [-0.25, -0.2) is 15.4 Å². The van der Waals surface area contributed by atoms with E-state index in [1.54, 1.807) is 14.0 Å². The Morgan fingerprint density at radius 3 is 2.63 bits per heavy atom. The van der Waals surface area contributed by atoms with Crippen molar-refractivity contribution in [2.45, 2.75) is 20.3 Å². The Balaban J connectivity index is 1.75. The highest BCUT2D eigenvalue weighted by molar-refractivity contribution is 6.05. The van der Waals surface area contributed by atoms with Gasteiger partial charge in [0, 0.05) is 37.6 Å². The lowest BCUT2D eigenvalue weighted by Crippen LogP contribution is -2.43. The van der Waals surface area contributed by atoms with Gasteiger partial charge < -0.3 is 16.0 Å². The molecule has 9 heteroatoms. The van der Waals surface area contributed by atoms with Gasteiger partial charge >= 0.3 is 0 Å². The number of nitrogens with two attached hydrogens (primary N) is 2. The summed E-state index contributed by atoms with van der Waals surface area (Å²) in [4.78, 5) is 18.2. The lowest BCUT2D eigenvalue weighted by Gasteiger charge is -2.31. The zero-order valence-electron chi connectivity index (χ0n) is 17.3. The predicted molar refractivity (Wildman–Crippen MR) is 116 cm³/mol. The van der Waals surface area contributed by atoms with Crippen LogP contribution >= 0.6 is 0 Å². The van der Waals surface area contributed by atoms with Crippen LogP contribution in [0.1, 0.15) is 34.8 Å². The summed E-state index contributed by atoms with van der Waals surface area (Å²) in [6.45, 7) is 5.05. The number of nitrogens with zero attached hydrogens (tertiary/aromatic N) is 4. The number of guanidine groups is 1. The van der Waals surface area contributed by atoms with E-state index in [9.17, 15) is 9.18 Å². The van der Waals surface area contributed by atoms with E-state index < -0.39 is 11.7 Å². The number of halogens is 1. The number of amides is 1. The fourth-order valence-electron chi connectivity index (χ4n) is 3.30. The minimum Gasteiger partial charge on any atom is -0.368 e. The molecule has 0 aliphatic carbocycles. The van der Waals surface area contributed by atoms with Crippen LogP contribution in [-0.2, 0) is 0 Å². The van der Waals surface area contributed by atoms with Crippen molar-refractivity contribution < 1.29 is 9.18 Å². The van der Waals surface area contributed by atoms with E-state index in [1.165, 1.54) is 16.9 Å². The topological polar surface area (TPSA) is 113 Å². The minimum atomic E-state index is -0.508. The molecule has 1 amide bonds. The number of anilines is 1. The number of aromatic nitrogens is 1. The summed E-state index contributed by atoms with van der Waals surface area (Å²) in [7, 11) is 1.62. The number of nitrogens with one attached hydrogen (secondary N) is 1. The number of carbonyl (C=O) groups excluding carboxylic acids is 1. The maximum atomic E-state index is 13.7. The molecular weight excluding hydrogens is 385 g/mol. The summed E-state index contributed by atoms with van der Waals surface area (Å²) in [5, 5.41) is 8.05. The molecule has 1 aliphatic rings. The van der Waals surface area contributed by atoms with Crippen molar-refractivity contribution in [3.63, 3.8) is 0 Å². The van der Waals surface area contributed by atoms with Crippen molar-refractivity contribution in [2.24, 2.45) is 16.7 Å². The third kappa shape index (κ3) is 4.74. The highest BCUT2D eigenvalue weighted by Crippen LogP contribution is 2.27. The van der Waals surface area contributed by atoms with E-state index in [4.69, 9.17) is 11.6 Å². The number of rotatable bonds is 4. The molecule has 0 saturated carbocycles. The molecule has 0 saturated heterocycles. The number of benzene rings is 1. The molecule has 0 bridgehead atoms. The van der Waals surface area contributed by atoms with E-state index >= 15 is 0 Å². The Kier molecular flexibility index (Phi) is 6.31. The molecule has 0 spiro atoms. The normalized spacial score (nSPS) is 14.7. The molecule has 1 aromatic heterocycles. The minimum absolute atomic E-state index is 0.209. The number of pyridine rings is 1. The van der Waals surface area contributed by atoms with Crippen molar-refractivity contribution >= 4 is 23.1 Å². The van der Waals surface area contributed by atoms with Crippen LogP contribution in [0.25, 0.3) is 5.57 Å². The second kappa shape index (κ2) is 8.91. The molecule has 2 aromatic rings.